The first-order valence-corrected chi connectivity index (χ1v) is 5.65. The number of rotatable bonds is 5. The second kappa shape index (κ2) is 5.75. The number of nitrogens with one attached hydrogen (secondary N) is 1. The molecule has 1 aromatic carbocycles. The van der Waals surface area contributed by atoms with E-state index in [4.69, 9.17) is 5.73 Å². The van der Waals surface area contributed by atoms with Gasteiger partial charge < -0.3 is 11.1 Å². The molecule has 0 heterocycles. The van der Waals surface area contributed by atoms with Crippen molar-refractivity contribution in [3.8, 4) is 0 Å². The molecule has 6 nitrogen and oxygen atoms in total. The van der Waals surface area contributed by atoms with Gasteiger partial charge in [-0.2, -0.15) is 0 Å². The quantitative estimate of drug-likeness (QED) is 0.478. The van der Waals surface area contributed by atoms with E-state index in [0.717, 1.165) is 12.1 Å². The minimum atomic E-state index is -0.617. The zero-order valence-electron chi connectivity index (χ0n) is 8.57. The first-order chi connectivity index (χ1) is 7.91. The lowest BCUT2D eigenvalue weighted by Crippen LogP contribution is -2.16. The van der Waals surface area contributed by atoms with Gasteiger partial charge in [-0.15, -0.1) is 0 Å². The lowest BCUT2D eigenvalue weighted by Gasteiger charge is -2.06. The van der Waals surface area contributed by atoms with Gasteiger partial charge >= 0.3 is 0 Å². The third-order valence-electron chi connectivity index (χ3n) is 1.92. The highest BCUT2D eigenvalue weighted by Crippen LogP contribution is 2.28. The molecule has 0 bridgehead atoms. The Morgan fingerprint density at radius 3 is 2.76 bits per heavy atom. The molecule has 0 radical (unpaired) electrons. The van der Waals surface area contributed by atoms with Crippen molar-refractivity contribution in [3.05, 3.63) is 31.6 Å². The Hall–Kier alpha value is -1.45. The van der Waals surface area contributed by atoms with Crippen molar-refractivity contribution in [2.45, 2.75) is 6.42 Å². The largest absolute Gasteiger partial charge is 0.379 e. The maximum atomic E-state index is 13.2. The Morgan fingerprint density at radius 1 is 1.59 bits per heavy atom. The number of hydrogen-bond donors (Lipinski definition) is 2. The summed E-state index contributed by atoms with van der Waals surface area (Å²) in [5, 5.41) is 13.3. The van der Waals surface area contributed by atoms with Crippen LogP contribution in [0, 0.1) is 19.5 Å². The number of amides is 1. The van der Waals surface area contributed by atoms with E-state index in [1.54, 1.807) is 22.6 Å². The molecule has 0 atom stereocenters. The van der Waals surface area contributed by atoms with Gasteiger partial charge in [0.25, 0.3) is 5.69 Å². The molecule has 1 aromatic rings. The normalized spacial score (nSPS) is 10.0. The Balaban J connectivity index is 2.92. The van der Waals surface area contributed by atoms with E-state index in [1.165, 1.54) is 0 Å². The number of hydrogen-bond acceptors (Lipinski definition) is 4. The molecule has 8 heteroatoms. The van der Waals surface area contributed by atoms with Crippen LogP contribution in [0.5, 0.6) is 0 Å². The molecule has 0 fully saturated rings. The molecule has 1 amide bonds. The number of nitrogens with two attached hydrogens (primary N) is 1. The zero-order chi connectivity index (χ0) is 13.0. The minimum Gasteiger partial charge on any atom is -0.379 e. The summed E-state index contributed by atoms with van der Waals surface area (Å²) in [5.74, 6) is -1.09. The van der Waals surface area contributed by atoms with Crippen molar-refractivity contribution in [2.24, 2.45) is 5.73 Å². The van der Waals surface area contributed by atoms with Crippen LogP contribution >= 0.6 is 22.6 Å². The highest BCUT2D eigenvalue weighted by Gasteiger charge is 2.17. The summed E-state index contributed by atoms with van der Waals surface area (Å²) in [4.78, 5) is 20.6. The molecular formula is C9H9FIN3O3. The topological polar surface area (TPSA) is 98.3 Å². The van der Waals surface area contributed by atoms with Crippen LogP contribution < -0.4 is 11.1 Å². The minimum absolute atomic E-state index is 0.0186. The number of benzene rings is 1. The standard InChI is InChI=1S/C9H9FIN3O3/c10-5-3-7(13-2-1-9(12)15)8(14(16)17)4-6(5)11/h3-4,13H,1-2H2,(H2,12,15). The van der Waals surface area contributed by atoms with E-state index in [2.05, 4.69) is 5.32 Å². The van der Waals surface area contributed by atoms with Gasteiger partial charge in [-0.3, -0.25) is 14.9 Å². The van der Waals surface area contributed by atoms with Crippen LogP contribution in [0.4, 0.5) is 15.8 Å². The second-order valence-corrected chi connectivity index (χ2v) is 4.35. The van der Waals surface area contributed by atoms with Crippen molar-refractivity contribution in [2.75, 3.05) is 11.9 Å². The molecule has 0 saturated heterocycles. The van der Waals surface area contributed by atoms with Crippen LogP contribution in [0.1, 0.15) is 6.42 Å². The van der Waals surface area contributed by atoms with E-state index in [-0.39, 0.29) is 27.9 Å². The number of carbonyl (C=O) groups is 1. The third-order valence-corrected chi connectivity index (χ3v) is 2.75. The fourth-order valence-electron chi connectivity index (χ4n) is 1.15. The van der Waals surface area contributed by atoms with Crippen LogP contribution in [0.15, 0.2) is 12.1 Å². The number of anilines is 1. The van der Waals surface area contributed by atoms with E-state index >= 15 is 0 Å². The van der Waals surface area contributed by atoms with Gasteiger partial charge in [-0.25, -0.2) is 4.39 Å². The molecule has 0 aromatic heterocycles. The smallest absolute Gasteiger partial charge is 0.293 e. The van der Waals surface area contributed by atoms with Crippen LogP contribution in [-0.2, 0) is 4.79 Å². The van der Waals surface area contributed by atoms with Crippen LogP contribution in [0.3, 0.4) is 0 Å². The summed E-state index contributed by atoms with van der Waals surface area (Å²) in [6, 6.07) is 2.16. The maximum absolute atomic E-state index is 13.2. The molecule has 92 valence electrons. The van der Waals surface area contributed by atoms with Gasteiger partial charge in [-0.05, 0) is 22.6 Å². The van der Waals surface area contributed by atoms with Crippen molar-refractivity contribution in [1.82, 2.24) is 0 Å². The van der Waals surface area contributed by atoms with Crippen LogP contribution in [0.2, 0.25) is 0 Å². The molecule has 17 heavy (non-hydrogen) atoms. The van der Waals surface area contributed by atoms with Gasteiger partial charge in [0.05, 0.1) is 8.49 Å². The third kappa shape index (κ3) is 3.80. The molecule has 0 aliphatic heterocycles. The summed E-state index contributed by atoms with van der Waals surface area (Å²) in [6.07, 6.45) is 0.0186. The number of carbonyl (C=O) groups excluding carboxylic acids is 1. The Labute approximate surface area is 110 Å². The van der Waals surface area contributed by atoms with Crippen LogP contribution in [-0.4, -0.2) is 17.4 Å². The number of halogens is 2. The molecule has 0 aliphatic rings. The molecule has 3 N–H and O–H groups in total. The Morgan fingerprint density at radius 2 is 2.24 bits per heavy atom. The average molecular weight is 353 g/mol. The summed E-state index contributed by atoms with van der Waals surface area (Å²) < 4.78 is 13.4. The number of nitro groups is 1. The predicted octanol–water partition coefficient (Wildman–Crippen LogP) is 1.63. The SMILES string of the molecule is NC(=O)CCNc1cc(F)c(I)cc1[N+](=O)[O-]. The predicted molar refractivity (Wildman–Crippen MR) is 68.1 cm³/mol. The summed E-state index contributed by atoms with van der Waals surface area (Å²) in [5.41, 5.74) is 4.72. The average Bonchev–Trinajstić information content (AvgIpc) is 2.22. The summed E-state index contributed by atoms with van der Waals surface area (Å²) in [7, 11) is 0. The maximum Gasteiger partial charge on any atom is 0.293 e. The number of nitrogens with zero attached hydrogens (tertiary/aromatic N) is 1. The first kappa shape index (κ1) is 13.6. The fourth-order valence-corrected chi connectivity index (χ4v) is 1.60. The zero-order valence-corrected chi connectivity index (χ0v) is 10.7. The summed E-state index contributed by atoms with van der Waals surface area (Å²) in [6.45, 7) is 0.121. The van der Waals surface area contributed by atoms with Crippen molar-refractivity contribution in [1.29, 1.82) is 0 Å². The summed E-state index contributed by atoms with van der Waals surface area (Å²) >= 11 is 1.67. The van der Waals surface area contributed by atoms with Crippen molar-refractivity contribution in [3.63, 3.8) is 0 Å². The molecule has 0 spiro atoms. The Bertz CT molecular complexity index is 467. The number of primary amides is 1. The first-order valence-electron chi connectivity index (χ1n) is 4.57. The Kier molecular flexibility index (Phi) is 4.61. The van der Waals surface area contributed by atoms with Gasteiger partial charge in [0, 0.05) is 25.1 Å². The van der Waals surface area contributed by atoms with Gasteiger partial charge in [0.1, 0.15) is 11.5 Å². The molecule has 1 rings (SSSR count). The molecule has 0 aliphatic carbocycles. The highest BCUT2D eigenvalue weighted by atomic mass is 127. The van der Waals surface area contributed by atoms with E-state index in [0.29, 0.717) is 0 Å². The molecule has 0 saturated carbocycles. The lowest BCUT2D eigenvalue weighted by atomic mass is 10.2. The van der Waals surface area contributed by atoms with Gasteiger partial charge in [0.2, 0.25) is 5.91 Å². The van der Waals surface area contributed by atoms with E-state index < -0.39 is 16.6 Å². The van der Waals surface area contributed by atoms with Crippen molar-refractivity contribution < 1.29 is 14.1 Å². The fraction of sp³-hybridized carbons (Fsp3) is 0.222. The number of nitro benzene ring substituents is 1. The molecular weight excluding hydrogens is 344 g/mol. The highest BCUT2D eigenvalue weighted by molar-refractivity contribution is 14.1. The van der Waals surface area contributed by atoms with E-state index in [9.17, 15) is 19.3 Å². The van der Waals surface area contributed by atoms with Gasteiger partial charge in [0.15, 0.2) is 0 Å². The molecule has 0 unspecified atom stereocenters. The monoisotopic (exact) mass is 353 g/mol. The van der Waals surface area contributed by atoms with Crippen LogP contribution in [0.25, 0.3) is 0 Å². The van der Waals surface area contributed by atoms with Gasteiger partial charge in [-0.1, -0.05) is 0 Å². The lowest BCUT2D eigenvalue weighted by molar-refractivity contribution is -0.384. The second-order valence-electron chi connectivity index (χ2n) is 3.18. The van der Waals surface area contributed by atoms with Crippen molar-refractivity contribution >= 4 is 39.9 Å². The van der Waals surface area contributed by atoms with E-state index in [1.807, 2.05) is 0 Å².